The van der Waals surface area contributed by atoms with Gasteiger partial charge >= 0.3 is 0 Å². The molecule has 1 unspecified atom stereocenters. The van der Waals surface area contributed by atoms with Gasteiger partial charge in [-0.25, -0.2) is 8.42 Å². The van der Waals surface area contributed by atoms with E-state index in [9.17, 15) is 23.3 Å². The Morgan fingerprint density at radius 3 is 2.45 bits per heavy atom. The molecule has 3 aromatic rings. The fourth-order valence-corrected chi connectivity index (χ4v) is 8.39. The van der Waals surface area contributed by atoms with E-state index in [-0.39, 0.29) is 33.7 Å². The van der Waals surface area contributed by atoms with Gasteiger partial charge in [-0.15, -0.1) is 0 Å². The molecule has 1 atom stereocenters. The molecular weight excluding hydrogens is 572 g/mol. The van der Waals surface area contributed by atoms with Crippen LogP contribution in [0.2, 0.25) is 5.02 Å². The minimum absolute atomic E-state index is 0.0456. The van der Waals surface area contributed by atoms with Gasteiger partial charge in [0.25, 0.3) is 11.8 Å². The number of nitriles is 1. The van der Waals surface area contributed by atoms with Crippen LogP contribution in [0.25, 0.3) is 0 Å². The number of aryl methyl sites for hydroxylation is 1. The Kier molecular flexibility index (Phi) is 7.56. The molecule has 2 fully saturated rings. The summed E-state index contributed by atoms with van der Waals surface area (Å²) in [5.74, 6) is -0.281. The van der Waals surface area contributed by atoms with Crippen LogP contribution in [0.1, 0.15) is 69.1 Å². The number of nitrogens with one attached hydrogen (secondary N) is 1. The van der Waals surface area contributed by atoms with Gasteiger partial charge in [-0.05, 0) is 85.0 Å². The van der Waals surface area contributed by atoms with Crippen LogP contribution in [0.15, 0.2) is 71.6 Å². The zero-order valence-electron chi connectivity index (χ0n) is 23.1. The van der Waals surface area contributed by atoms with Gasteiger partial charge in [0.05, 0.1) is 27.1 Å². The summed E-state index contributed by atoms with van der Waals surface area (Å²) in [6.45, 7) is 1.91. The topological polar surface area (TPSA) is 111 Å². The molecule has 1 spiro atoms. The smallest absolute Gasteiger partial charge is 0.253 e. The summed E-state index contributed by atoms with van der Waals surface area (Å²) in [6.07, 6.45) is 3.72. The molecule has 6 rings (SSSR count). The average Bonchev–Trinajstić information content (AvgIpc) is 3.61. The van der Waals surface area contributed by atoms with E-state index >= 15 is 0 Å². The van der Waals surface area contributed by atoms with E-state index in [0.717, 1.165) is 30.4 Å². The summed E-state index contributed by atoms with van der Waals surface area (Å²) >= 11 is 6.22. The van der Waals surface area contributed by atoms with Crippen LogP contribution in [0.4, 0.5) is 0 Å². The summed E-state index contributed by atoms with van der Waals surface area (Å²) in [5.41, 5.74) is 3.13. The lowest BCUT2D eigenvalue weighted by Gasteiger charge is -2.38. The molecule has 0 aromatic heterocycles. The van der Waals surface area contributed by atoms with Crippen LogP contribution in [0.5, 0.6) is 0 Å². The molecule has 2 saturated heterocycles. The molecule has 2 aliphatic heterocycles. The molecule has 0 bridgehead atoms. The number of rotatable bonds is 5. The maximum Gasteiger partial charge on any atom is 0.253 e. The zero-order valence-corrected chi connectivity index (χ0v) is 24.6. The Balaban J connectivity index is 1.11. The van der Waals surface area contributed by atoms with Crippen molar-refractivity contribution < 1.29 is 18.0 Å². The number of likely N-dealkylation sites (tertiary alicyclic amines) is 1. The third kappa shape index (κ3) is 5.19. The lowest BCUT2D eigenvalue weighted by atomic mass is 9.78. The van der Waals surface area contributed by atoms with E-state index < -0.39 is 10.0 Å². The molecule has 0 radical (unpaired) electrons. The summed E-state index contributed by atoms with van der Waals surface area (Å²) in [5, 5.41) is 12.9. The number of amides is 2. The molecule has 2 amide bonds. The minimum Gasteiger partial charge on any atom is -0.345 e. The van der Waals surface area contributed by atoms with Crippen LogP contribution < -0.4 is 5.32 Å². The van der Waals surface area contributed by atoms with Crippen LogP contribution in [-0.4, -0.2) is 55.6 Å². The number of piperidine rings is 1. The fourth-order valence-electron chi connectivity index (χ4n) is 6.59. The number of carbonyl (C=O) groups is 2. The Morgan fingerprint density at radius 2 is 1.69 bits per heavy atom. The van der Waals surface area contributed by atoms with Gasteiger partial charge < -0.3 is 10.2 Å². The van der Waals surface area contributed by atoms with Crippen LogP contribution >= 0.6 is 11.6 Å². The van der Waals surface area contributed by atoms with Gasteiger partial charge in [0.2, 0.25) is 10.0 Å². The number of nitrogens with zero attached hydrogens (tertiary/aromatic N) is 3. The lowest BCUT2D eigenvalue weighted by molar-refractivity contribution is 0.0750. The normalized spacial score (nSPS) is 19.8. The Morgan fingerprint density at radius 1 is 0.976 bits per heavy atom. The molecule has 8 nitrogen and oxygen atoms in total. The number of sulfonamides is 1. The van der Waals surface area contributed by atoms with Gasteiger partial charge in [0.1, 0.15) is 6.07 Å². The van der Waals surface area contributed by atoms with E-state index in [2.05, 4.69) is 5.32 Å². The first-order chi connectivity index (χ1) is 20.2. The second-order valence-electron chi connectivity index (χ2n) is 11.4. The molecule has 3 aromatic carbocycles. The summed E-state index contributed by atoms with van der Waals surface area (Å²) in [7, 11) is -3.77. The number of hydrogen-bond donors (Lipinski definition) is 1. The molecule has 1 aliphatic carbocycles. The third-order valence-electron chi connectivity index (χ3n) is 9.03. The quantitative estimate of drug-likeness (QED) is 0.444. The van der Waals surface area contributed by atoms with Crippen molar-refractivity contribution in [1.82, 2.24) is 14.5 Å². The monoisotopic (exact) mass is 602 g/mol. The van der Waals surface area contributed by atoms with Crippen molar-refractivity contribution >= 4 is 33.4 Å². The van der Waals surface area contributed by atoms with Gasteiger partial charge in [-0.3, -0.25) is 9.59 Å². The summed E-state index contributed by atoms with van der Waals surface area (Å²) in [4.78, 5) is 28.5. The van der Waals surface area contributed by atoms with Gasteiger partial charge in [-0.2, -0.15) is 9.57 Å². The predicted octanol–water partition coefficient (Wildman–Crippen LogP) is 4.95. The standard InChI is InChI=1S/C32H31ClN4O4S/c33-27-7-3-2-6-25(27)30(38)35-28-12-11-22-9-10-23(19-26(22)28)31(39)36-16-13-32(21-36)14-17-37(18-15-32)42(40,41)29-8-4-1-5-24(29)20-34/h1-10,19,28H,11-18,21H2,(H,35,38). The van der Waals surface area contributed by atoms with Crippen molar-refractivity contribution in [3.05, 3.63) is 99.6 Å². The Bertz CT molecular complexity index is 1710. The second kappa shape index (κ2) is 11.2. The molecule has 2 heterocycles. The van der Waals surface area contributed by atoms with E-state index in [1.165, 1.54) is 16.4 Å². The SMILES string of the molecule is N#Cc1ccccc1S(=O)(=O)N1CCC2(CCN(C(=O)c3ccc4c(c3)C(NC(=O)c3ccccc3Cl)CC4)C2)CC1. The molecule has 42 heavy (non-hydrogen) atoms. The van der Waals surface area contributed by atoms with Crippen LogP contribution in [-0.2, 0) is 16.4 Å². The van der Waals surface area contributed by atoms with Crippen molar-refractivity contribution in [2.45, 2.75) is 43.0 Å². The van der Waals surface area contributed by atoms with Gasteiger partial charge in [0, 0.05) is 31.7 Å². The van der Waals surface area contributed by atoms with Gasteiger partial charge in [0.15, 0.2) is 0 Å². The molecule has 1 N–H and O–H groups in total. The highest BCUT2D eigenvalue weighted by Gasteiger charge is 2.44. The second-order valence-corrected chi connectivity index (χ2v) is 13.8. The molecule has 216 valence electrons. The highest BCUT2D eigenvalue weighted by Crippen LogP contribution is 2.42. The highest BCUT2D eigenvalue weighted by molar-refractivity contribution is 7.89. The number of halogens is 1. The van der Waals surface area contributed by atoms with Crippen molar-refractivity contribution in [2.24, 2.45) is 5.41 Å². The first kappa shape index (κ1) is 28.4. The van der Waals surface area contributed by atoms with E-state index in [4.69, 9.17) is 11.6 Å². The van der Waals surface area contributed by atoms with Crippen LogP contribution in [0.3, 0.4) is 0 Å². The number of hydrogen-bond acceptors (Lipinski definition) is 5. The number of benzene rings is 3. The molecule has 3 aliphatic rings. The maximum absolute atomic E-state index is 13.6. The first-order valence-corrected chi connectivity index (χ1v) is 16.0. The van der Waals surface area contributed by atoms with E-state index in [1.807, 2.05) is 29.2 Å². The molecule has 0 saturated carbocycles. The summed E-state index contributed by atoms with van der Waals surface area (Å²) < 4.78 is 28.0. The molecule has 10 heteroatoms. The Hall–Kier alpha value is -3.71. The maximum atomic E-state index is 13.6. The third-order valence-corrected chi connectivity index (χ3v) is 11.3. The average molecular weight is 603 g/mol. The zero-order chi connectivity index (χ0) is 29.5. The lowest BCUT2D eigenvalue weighted by Crippen LogP contribution is -2.44. The number of carbonyl (C=O) groups excluding carboxylic acids is 2. The van der Waals surface area contributed by atoms with Crippen LogP contribution in [0, 0.1) is 16.7 Å². The van der Waals surface area contributed by atoms with Crippen molar-refractivity contribution in [3.63, 3.8) is 0 Å². The van der Waals surface area contributed by atoms with Crippen molar-refractivity contribution in [3.8, 4) is 6.07 Å². The van der Waals surface area contributed by atoms with Crippen molar-refractivity contribution in [2.75, 3.05) is 26.2 Å². The van der Waals surface area contributed by atoms with Crippen molar-refractivity contribution in [1.29, 1.82) is 5.26 Å². The fraction of sp³-hybridized carbons (Fsp3) is 0.344. The summed E-state index contributed by atoms with van der Waals surface area (Å²) in [6, 6.07) is 20.8. The number of fused-ring (bicyclic) bond motifs is 1. The van der Waals surface area contributed by atoms with E-state index in [1.54, 1.807) is 36.4 Å². The first-order valence-electron chi connectivity index (χ1n) is 14.2. The predicted molar refractivity (Wildman–Crippen MR) is 159 cm³/mol. The van der Waals surface area contributed by atoms with E-state index in [0.29, 0.717) is 55.2 Å². The highest BCUT2D eigenvalue weighted by atomic mass is 35.5. The molecular formula is C32H31ClN4O4S. The Labute approximate surface area is 250 Å². The largest absolute Gasteiger partial charge is 0.345 e. The minimum atomic E-state index is -3.77. The van der Waals surface area contributed by atoms with Gasteiger partial charge in [-0.1, -0.05) is 41.9 Å².